The molecule has 0 aromatic heterocycles. The minimum Gasteiger partial charge on any atom is -0.493 e. The molecule has 1 aromatic rings. The van der Waals surface area contributed by atoms with Gasteiger partial charge in [0.05, 0.1) is 11.5 Å². The van der Waals surface area contributed by atoms with Gasteiger partial charge in [0.15, 0.2) is 0 Å². The summed E-state index contributed by atoms with van der Waals surface area (Å²) in [6.45, 7) is 4.85. The molecule has 0 aliphatic heterocycles. The molecule has 0 saturated heterocycles. The van der Waals surface area contributed by atoms with E-state index < -0.39 is 4.92 Å². The molecule has 0 radical (unpaired) electrons. The Bertz CT molecular complexity index is 476. The third-order valence-corrected chi connectivity index (χ3v) is 4.53. The topological polar surface area (TPSA) is 52.4 Å². The summed E-state index contributed by atoms with van der Waals surface area (Å²) in [4.78, 5) is 10.2. The fraction of sp³-hybridized carbons (Fsp3) is 0.600. The molecule has 21 heavy (non-hydrogen) atoms. The van der Waals surface area contributed by atoms with E-state index in [0.717, 1.165) is 31.4 Å². The molecule has 0 unspecified atom stereocenters. The second-order valence-corrected chi connectivity index (χ2v) is 6.04. The number of hydrogen-bond acceptors (Lipinski definition) is 4. The fourth-order valence-electron chi connectivity index (χ4n) is 2.50. The van der Waals surface area contributed by atoms with Crippen LogP contribution < -0.4 is 4.74 Å². The van der Waals surface area contributed by atoms with Gasteiger partial charge in [-0.1, -0.05) is 38.3 Å². The highest BCUT2D eigenvalue weighted by molar-refractivity contribution is 7.80. The molecule has 0 saturated carbocycles. The number of thiol groups is 1. The molecular formula is C15H22ClNO3S. The number of rotatable bonds is 9. The van der Waals surface area contributed by atoms with Crippen molar-refractivity contribution in [2.45, 2.75) is 39.5 Å². The van der Waals surface area contributed by atoms with Gasteiger partial charge in [0.1, 0.15) is 10.8 Å². The highest BCUT2D eigenvalue weighted by Crippen LogP contribution is 2.34. The number of hydrogen-bond donors (Lipinski definition) is 1. The van der Waals surface area contributed by atoms with Crippen molar-refractivity contribution >= 4 is 29.9 Å². The number of nitro groups is 1. The summed E-state index contributed by atoms with van der Waals surface area (Å²) in [5.74, 6) is 1.32. The molecule has 4 nitrogen and oxygen atoms in total. The van der Waals surface area contributed by atoms with Gasteiger partial charge in [0.25, 0.3) is 5.69 Å². The zero-order valence-electron chi connectivity index (χ0n) is 12.5. The highest BCUT2D eigenvalue weighted by Gasteiger charge is 2.28. The standard InChI is InChI=1S/C15H22ClNO3S/c1-3-7-15(11-21,8-4-2)10-20-12-5-6-14(17(18)19)13(16)9-12/h5-6,9,21H,3-4,7-8,10-11H2,1-2H3. The Morgan fingerprint density at radius 2 is 1.95 bits per heavy atom. The summed E-state index contributed by atoms with van der Waals surface area (Å²) in [7, 11) is 0. The number of ether oxygens (including phenoxy) is 1. The first-order chi connectivity index (χ1) is 9.98. The van der Waals surface area contributed by atoms with E-state index in [2.05, 4.69) is 26.5 Å². The van der Waals surface area contributed by atoms with E-state index in [1.54, 1.807) is 6.07 Å². The number of nitrogens with zero attached hydrogens (tertiary/aromatic N) is 1. The maximum absolute atomic E-state index is 10.7. The third-order valence-electron chi connectivity index (χ3n) is 3.56. The predicted octanol–water partition coefficient (Wildman–Crippen LogP) is 5.14. The van der Waals surface area contributed by atoms with E-state index in [0.29, 0.717) is 12.4 Å². The lowest BCUT2D eigenvalue weighted by Crippen LogP contribution is -2.30. The Morgan fingerprint density at radius 3 is 2.38 bits per heavy atom. The van der Waals surface area contributed by atoms with Crippen LogP contribution in [0.1, 0.15) is 39.5 Å². The number of benzene rings is 1. The first kappa shape index (κ1) is 18.1. The number of halogens is 1. The summed E-state index contributed by atoms with van der Waals surface area (Å²) >= 11 is 10.4. The van der Waals surface area contributed by atoms with E-state index >= 15 is 0 Å². The van der Waals surface area contributed by atoms with Gasteiger partial charge in [-0.3, -0.25) is 10.1 Å². The van der Waals surface area contributed by atoms with Crippen molar-refractivity contribution in [3.63, 3.8) is 0 Å². The largest absolute Gasteiger partial charge is 0.493 e. The van der Waals surface area contributed by atoms with Crippen LogP contribution in [-0.4, -0.2) is 17.3 Å². The van der Waals surface area contributed by atoms with E-state index in [-0.39, 0.29) is 16.1 Å². The summed E-state index contributed by atoms with van der Waals surface area (Å²) < 4.78 is 5.83. The summed E-state index contributed by atoms with van der Waals surface area (Å²) in [5, 5.41) is 10.8. The first-order valence-corrected chi connectivity index (χ1v) is 8.16. The lowest BCUT2D eigenvalue weighted by molar-refractivity contribution is -0.384. The minimum atomic E-state index is -0.502. The average Bonchev–Trinajstić information content (AvgIpc) is 2.45. The van der Waals surface area contributed by atoms with Crippen molar-refractivity contribution in [3.8, 4) is 5.75 Å². The normalized spacial score (nSPS) is 11.4. The van der Waals surface area contributed by atoms with E-state index in [1.165, 1.54) is 12.1 Å². The molecule has 0 aliphatic rings. The molecular weight excluding hydrogens is 310 g/mol. The molecule has 0 amide bonds. The van der Waals surface area contributed by atoms with Gasteiger partial charge < -0.3 is 4.74 Å². The van der Waals surface area contributed by atoms with Crippen molar-refractivity contribution in [1.29, 1.82) is 0 Å². The first-order valence-electron chi connectivity index (χ1n) is 7.15. The van der Waals surface area contributed by atoms with E-state index in [1.807, 2.05) is 0 Å². The van der Waals surface area contributed by atoms with Crippen molar-refractivity contribution < 1.29 is 9.66 Å². The third kappa shape index (κ3) is 5.08. The lowest BCUT2D eigenvalue weighted by Gasteiger charge is -2.31. The Morgan fingerprint density at radius 1 is 1.33 bits per heavy atom. The van der Waals surface area contributed by atoms with Gasteiger partial charge in [0.2, 0.25) is 0 Å². The predicted molar refractivity (Wildman–Crippen MR) is 89.7 cm³/mol. The molecule has 0 fully saturated rings. The molecule has 6 heteroatoms. The average molecular weight is 332 g/mol. The van der Waals surface area contributed by atoms with Crippen LogP contribution in [0, 0.1) is 15.5 Å². The molecule has 1 rings (SSSR count). The van der Waals surface area contributed by atoms with E-state index in [4.69, 9.17) is 16.3 Å². The summed E-state index contributed by atoms with van der Waals surface area (Å²) in [6.07, 6.45) is 4.24. The highest BCUT2D eigenvalue weighted by atomic mass is 35.5. The van der Waals surface area contributed by atoms with Gasteiger partial charge in [0, 0.05) is 17.5 Å². The summed E-state index contributed by atoms with van der Waals surface area (Å²) in [5.41, 5.74) is -0.0625. The maximum atomic E-state index is 10.7. The SMILES string of the molecule is CCCC(CS)(CCC)COc1ccc([N+](=O)[O-])c(Cl)c1. The minimum absolute atomic E-state index is 0.0425. The molecule has 0 aliphatic carbocycles. The molecule has 0 bridgehead atoms. The van der Waals surface area contributed by atoms with Crippen LogP contribution in [0.25, 0.3) is 0 Å². The molecule has 1 aromatic carbocycles. The molecule has 0 atom stereocenters. The lowest BCUT2D eigenvalue weighted by atomic mass is 9.82. The van der Waals surface area contributed by atoms with Crippen LogP contribution in [0.3, 0.4) is 0 Å². The van der Waals surface area contributed by atoms with Gasteiger partial charge >= 0.3 is 0 Å². The van der Waals surface area contributed by atoms with Crippen LogP contribution in [0.2, 0.25) is 5.02 Å². The van der Waals surface area contributed by atoms with Crippen LogP contribution in [0.15, 0.2) is 18.2 Å². The van der Waals surface area contributed by atoms with Crippen molar-refractivity contribution in [3.05, 3.63) is 33.3 Å². The second kappa shape index (κ2) is 8.49. The van der Waals surface area contributed by atoms with Gasteiger partial charge in [-0.15, -0.1) is 0 Å². The Kier molecular flexibility index (Phi) is 7.32. The van der Waals surface area contributed by atoms with Gasteiger partial charge in [-0.2, -0.15) is 12.6 Å². The quantitative estimate of drug-likeness (QED) is 0.387. The maximum Gasteiger partial charge on any atom is 0.288 e. The zero-order valence-corrected chi connectivity index (χ0v) is 14.1. The van der Waals surface area contributed by atoms with Crippen molar-refractivity contribution in [2.75, 3.05) is 12.4 Å². The smallest absolute Gasteiger partial charge is 0.288 e. The van der Waals surface area contributed by atoms with Crippen molar-refractivity contribution in [2.24, 2.45) is 5.41 Å². The van der Waals surface area contributed by atoms with Crippen LogP contribution in [-0.2, 0) is 0 Å². The number of nitro benzene ring substituents is 1. The van der Waals surface area contributed by atoms with Gasteiger partial charge in [-0.25, -0.2) is 0 Å². The zero-order chi connectivity index (χ0) is 15.9. The second-order valence-electron chi connectivity index (χ2n) is 5.32. The monoisotopic (exact) mass is 331 g/mol. The van der Waals surface area contributed by atoms with E-state index in [9.17, 15) is 10.1 Å². The molecule has 0 spiro atoms. The van der Waals surface area contributed by atoms with Crippen LogP contribution >= 0.6 is 24.2 Å². The van der Waals surface area contributed by atoms with Crippen LogP contribution in [0.5, 0.6) is 5.75 Å². The molecule has 118 valence electrons. The Balaban J connectivity index is 2.80. The Labute approximate surface area is 136 Å². The Hall–Kier alpha value is -0.940. The van der Waals surface area contributed by atoms with Crippen LogP contribution in [0.4, 0.5) is 5.69 Å². The van der Waals surface area contributed by atoms with Gasteiger partial charge in [-0.05, 0) is 24.7 Å². The summed E-state index contributed by atoms with van der Waals surface area (Å²) in [6, 6.07) is 4.46. The fourth-order valence-corrected chi connectivity index (χ4v) is 3.14. The molecule has 0 heterocycles. The molecule has 0 N–H and O–H groups in total. The van der Waals surface area contributed by atoms with Crippen molar-refractivity contribution in [1.82, 2.24) is 0 Å².